The second kappa shape index (κ2) is 6.61. The molecule has 0 aromatic carbocycles. The molecule has 0 unspecified atom stereocenters. The van der Waals surface area contributed by atoms with Crippen LogP contribution >= 0.6 is 11.3 Å². The fourth-order valence-electron chi connectivity index (χ4n) is 2.55. The van der Waals surface area contributed by atoms with Crippen LogP contribution in [0.3, 0.4) is 0 Å². The van der Waals surface area contributed by atoms with Crippen molar-refractivity contribution >= 4 is 11.3 Å². The summed E-state index contributed by atoms with van der Waals surface area (Å²) >= 11 is 1.77. The first-order valence-electron chi connectivity index (χ1n) is 6.56. The van der Waals surface area contributed by atoms with Gasteiger partial charge < -0.3 is 15.4 Å². The molecule has 1 aliphatic heterocycles. The van der Waals surface area contributed by atoms with Crippen molar-refractivity contribution in [2.45, 2.75) is 26.3 Å². The Morgan fingerprint density at radius 1 is 1.50 bits per heavy atom. The van der Waals surface area contributed by atoms with Gasteiger partial charge in [0.05, 0.1) is 6.61 Å². The first kappa shape index (κ1) is 13.9. The summed E-state index contributed by atoms with van der Waals surface area (Å²) in [5.41, 5.74) is 0.298. The molecule has 1 saturated heterocycles. The number of ether oxygens (including phenoxy) is 1. The Labute approximate surface area is 113 Å². The normalized spacial score (nSPS) is 19.0. The van der Waals surface area contributed by atoms with Gasteiger partial charge in [0.15, 0.2) is 0 Å². The minimum Gasteiger partial charge on any atom is -0.384 e. The predicted octanol–water partition coefficient (Wildman–Crippen LogP) is 1.56. The van der Waals surface area contributed by atoms with Crippen LogP contribution in [0.5, 0.6) is 0 Å². The highest BCUT2D eigenvalue weighted by Gasteiger charge is 2.31. The summed E-state index contributed by atoms with van der Waals surface area (Å²) in [5.74, 6) is 0. The number of piperidine rings is 1. The summed E-state index contributed by atoms with van der Waals surface area (Å²) in [4.78, 5) is 5.66. The lowest BCUT2D eigenvalue weighted by atomic mass is 9.79. The van der Waals surface area contributed by atoms with Gasteiger partial charge >= 0.3 is 0 Å². The van der Waals surface area contributed by atoms with Gasteiger partial charge in [-0.3, -0.25) is 0 Å². The van der Waals surface area contributed by atoms with E-state index in [2.05, 4.69) is 22.5 Å². The Bertz CT molecular complexity index is 355. The quantitative estimate of drug-likeness (QED) is 0.823. The number of nitrogens with zero attached hydrogens (tertiary/aromatic N) is 1. The van der Waals surface area contributed by atoms with E-state index in [9.17, 15) is 0 Å². The maximum Gasteiger partial charge on any atom is 0.107 e. The SMILES string of the molecule is COCC1(CNCc2ncc(C)s2)CCNCC1. The van der Waals surface area contributed by atoms with E-state index in [4.69, 9.17) is 4.74 Å². The molecule has 2 N–H and O–H groups in total. The maximum absolute atomic E-state index is 5.41. The number of aromatic nitrogens is 1. The molecule has 4 nitrogen and oxygen atoms in total. The summed E-state index contributed by atoms with van der Waals surface area (Å²) in [5, 5.41) is 8.14. The van der Waals surface area contributed by atoms with Crippen molar-refractivity contribution in [1.29, 1.82) is 0 Å². The van der Waals surface area contributed by atoms with E-state index in [1.807, 2.05) is 6.20 Å². The molecule has 1 aromatic rings. The molecule has 1 fully saturated rings. The summed E-state index contributed by atoms with van der Waals surface area (Å²) < 4.78 is 5.41. The van der Waals surface area contributed by atoms with Gasteiger partial charge in [0.25, 0.3) is 0 Å². The zero-order valence-electron chi connectivity index (χ0n) is 11.3. The lowest BCUT2D eigenvalue weighted by Gasteiger charge is -2.37. The molecule has 102 valence electrons. The molecule has 2 heterocycles. The van der Waals surface area contributed by atoms with Crippen molar-refractivity contribution in [3.05, 3.63) is 16.1 Å². The van der Waals surface area contributed by atoms with Crippen LogP contribution < -0.4 is 10.6 Å². The van der Waals surface area contributed by atoms with Gasteiger partial charge in [-0.2, -0.15) is 0 Å². The summed E-state index contributed by atoms with van der Waals surface area (Å²) in [6.07, 6.45) is 4.31. The molecule has 1 aliphatic rings. The van der Waals surface area contributed by atoms with Crippen molar-refractivity contribution in [2.75, 3.05) is 33.4 Å². The fourth-order valence-corrected chi connectivity index (χ4v) is 3.31. The van der Waals surface area contributed by atoms with E-state index in [0.717, 1.165) is 32.8 Å². The molecule has 0 aliphatic carbocycles. The number of methoxy groups -OCH3 is 1. The number of hydrogen-bond donors (Lipinski definition) is 2. The van der Waals surface area contributed by atoms with Crippen LogP contribution in [-0.4, -0.2) is 38.3 Å². The van der Waals surface area contributed by atoms with E-state index < -0.39 is 0 Å². The van der Waals surface area contributed by atoms with E-state index in [1.165, 1.54) is 22.7 Å². The summed E-state index contributed by atoms with van der Waals surface area (Å²) in [7, 11) is 1.80. The first-order valence-corrected chi connectivity index (χ1v) is 7.37. The summed E-state index contributed by atoms with van der Waals surface area (Å²) in [6, 6.07) is 0. The number of rotatable bonds is 6. The minimum absolute atomic E-state index is 0.298. The molecule has 0 saturated carbocycles. The molecule has 0 radical (unpaired) electrons. The third-order valence-corrected chi connectivity index (χ3v) is 4.47. The van der Waals surface area contributed by atoms with Crippen molar-refractivity contribution in [1.82, 2.24) is 15.6 Å². The summed E-state index contributed by atoms with van der Waals surface area (Å²) in [6.45, 7) is 7.03. The smallest absolute Gasteiger partial charge is 0.107 e. The van der Waals surface area contributed by atoms with Crippen molar-refractivity contribution in [3.63, 3.8) is 0 Å². The zero-order chi connectivity index (χ0) is 12.8. The minimum atomic E-state index is 0.298. The van der Waals surface area contributed by atoms with E-state index >= 15 is 0 Å². The van der Waals surface area contributed by atoms with Gasteiger partial charge in [0.2, 0.25) is 0 Å². The number of hydrogen-bond acceptors (Lipinski definition) is 5. The molecule has 0 atom stereocenters. The van der Waals surface area contributed by atoms with Gasteiger partial charge in [-0.05, 0) is 32.9 Å². The van der Waals surface area contributed by atoms with Crippen LogP contribution in [0.25, 0.3) is 0 Å². The van der Waals surface area contributed by atoms with Crippen molar-refractivity contribution in [2.24, 2.45) is 5.41 Å². The number of aryl methyl sites for hydroxylation is 1. The highest BCUT2D eigenvalue weighted by atomic mass is 32.1. The number of thiazole rings is 1. The predicted molar refractivity (Wildman–Crippen MR) is 75.0 cm³/mol. The molecule has 5 heteroatoms. The number of nitrogens with one attached hydrogen (secondary N) is 2. The Morgan fingerprint density at radius 3 is 2.89 bits per heavy atom. The average molecular weight is 269 g/mol. The van der Waals surface area contributed by atoms with Crippen molar-refractivity contribution in [3.8, 4) is 0 Å². The van der Waals surface area contributed by atoms with E-state index in [1.54, 1.807) is 18.4 Å². The Kier molecular flexibility index (Phi) is 5.12. The Balaban J connectivity index is 1.82. The third kappa shape index (κ3) is 3.75. The van der Waals surface area contributed by atoms with Gasteiger partial charge in [-0.1, -0.05) is 0 Å². The fraction of sp³-hybridized carbons (Fsp3) is 0.769. The Morgan fingerprint density at radius 2 is 2.28 bits per heavy atom. The van der Waals surface area contributed by atoms with Crippen molar-refractivity contribution < 1.29 is 4.74 Å². The molecule has 18 heavy (non-hydrogen) atoms. The lowest BCUT2D eigenvalue weighted by Crippen LogP contribution is -2.45. The second-order valence-corrected chi connectivity index (χ2v) is 6.47. The van der Waals surface area contributed by atoms with Gasteiger partial charge in [-0.15, -0.1) is 11.3 Å². The molecule has 2 rings (SSSR count). The highest BCUT2D eigenvalue weighted by Crippen LogP contribution is 2.28. The largest absolute Gasteiger partial charge is 0.384 e. The third-order valence-electron chi connectivity index (χ3n) is 3.56. The molecule has 0 spiro atoms. The van der Waals surface area contributed by atoms with Crippen LogP contribution in [0, 0.1) is 12.3 Å². The zero-order valence-corrected chi connectivity index (χ0v) is 12.1. The van der Waals surface area contributed by atoms with Crippen LogP contribution in [0.1, 0.15) is 22.7 Å². The molecular formula is C13H23N3OS. The molecule has 0 bridgehead atoms. The Hall–Kier alpha value is -0.490. The van der Waals surface area contributed by atoms with Gasteiger partial charge in [-0.25, -0.2) is 4.98 Å². The van der Waals surface area contributed by atoms with Crippen LogP contribution in [0.15, 0.2) is 6.20 Å². The average Bonchev–Trinajstić information content (AvgIpc) is 2.77. The standard InChI is InChI=1S/C13H23N3OS/c1-11-7-16-12(18-11)8-15-9-13(10-17-2)3-5-14-6-4-13/h7,14-15H,3-6,8-10H2,1-2H3. The first-order chi connectivity index (χ1) is 8.74. The highest BCUT2D eigenvalue weighted by molar-refractivity contribution is 7.11. The maximum atomic E-state index is 5.41. The second-order valence-electron chi connectivity index (χ2n) is 5.15. The van der Waals surface area contributed by atoms with E-state index in [0.29, 0.717) is 5.41 Å². The van der Waals surface area contributed by atoms with Crippen LogP contribution in [-0.2, 0) is 11.3 Å². The monoisotopic (exact) mass is 269 g/mol. The van der Waals surface area contributed by atoms with Gasteiger partial charge in [0.1, 0.15) is 5.01 Å². The van der Waals surface area contributed by atoms with Crippen LogP contribution in [0.4, 0.5) is 0 Å². The molecular weight excluding hydrogens is 246 g/mol. The van der Waals surface area contributed by atoms with E-state index in [-0.39, 0.29) is 0 Å². The lowest BCUT2D eigenvalue weighted by molar-refractivity contribution is 0.0534. The molecule has 0 amide bonds. The van der Waals surface area contributed by atoms with Crippen LogP contribution in [0.2, 0.25) is 0 Å². The molecule has 1 aromatic heterocycles. The topological polar surface area (TPSA) is 46.2 Å². The van der Waals surface area contributed by atoms with Gasteiger partial charge in [0, 0.05) is 36.7 Å².